The van der Waals surface area contributed by atoms with Crippen LogP contribution in [0.1, 0.15) is 20.8 Å². The lowest BCUT2D eigenvalue weighted by atomic mass is 9.93. The maximum atomic E-state index is 12.2. The van der Waals surface area contributed by atoms with Gasteiger partial charge in [0, 0.05) is 5.69 Å². The minimum atomic E-state index is -0.939. The van der Waals surface area contributed by atoms with Crippen LogP contribution in [0.3, 0.4) is 0 Å². The van der Waals surface area contributed by atoms with Gasteiger partial charge in [-0.3, -0.25) is 14.5 Å². The number of anilines is 1. The molecule has 0 aromatic heterocycles. The van der Waals surface area contributed by atoms with Crippen LogP contribution in [0.4, 0.5) is 5.69 Å². The number of ether oxygens (including phenoxy) is 2. The van der Waals surface area contributed by atoms with Crippen molar-refractivity contribution in [2.75, 3.05) is 12.0 Å². The molecule has 1 aromatic carbocycles. The average Bonchev–Trinajstić information content (AvgIpc) is 2.37. The second-order valence-electron chi connectivity index (χ2n) is 5.91. The summed E-state index contributed by atoms with van der Waals surface area (Å²) in [5.74, 6) is -1.18. The summed E-state index contributed by atoms with van der Waals surface area (Å²) in [6.45, 7) is 5.25. The fourth-order valence-electron chi connectivity index (χ4n) is 2.16. The molecule has 2 rings (SSSR count). The summed E-state index contributed by atoms with van der Waals surface area (Å²) in [4.78, 5) is 25.5. The highest BCUT2D eigenvalue weighted by Crippen LogP contribution is 2.32. The number of carbonyl (C=O) groups is 2. The van der Waals surface area contributed by atoms with E-state index in [1.54, 1.807) is 52.1 Å². The molecule has 0 saturated carbocycles. The Kier molecular flexibility index (Phi) is 3.91. The summed E-state index contributed by atoms with van der Waals surface area (Å²) in [5.41, 5.74) is 5.94. The van der Waals surface area contributed by atoms with Gasteiger partial charge in [0.15, 0.2) is 5.92 Å². The van der Waals surface area contributed by atoms with E-state index in [2.05, 4.69) is 0 Å². The van der Waals surface area contributed by atoms with E-state index in [1.807, 2.05) is 0 Å². The first kappa shape index (κ1) is 15.3. The molecule has 0 spiro atoms. The van der Waals surface area contributed by atoms with Crippen LogP contribution in [-0.2, 0) is 14.3 Å². The number of nitrogens with zero attached hydrogens (tertiary/aromatic N) is 1. The van der Waals surface area contributed by atoms with Crippen LogP contribution in [0.2, 0.25) is 0 Å². The third-order valence-corrected chi connectivity index (χ3v) is 3.15. The summed E-state index contributed by atoms with van der Waals surface area (Å²) < 4.78 is 10.3. The van der Waals surface area contributed by atoms with Gasteiger partial charge in [-0.25, -0.2) is 0 Å². The molecule has 0 unspecified atom stereocenters. The molecule has 1 heterocycles. The molecule has 21 heavy (non-hydrogen) atoms. The van der Waals surface area contributed by atoms with Crippen LogP contribution >= 0.6 is 0 Å². The zero-order valence-corrected chi connectivity index (χ0v) is 12.6. The van der Waals surface area contributed by atoms with Crippen LogP contribution in [0.25, 0.3) is 0 Å². The smallest absolute Gasteiger partial charge is 0.322 e. The monoisotopic (exact) mass is 292 g/mol. The standard InChI is InChI=1S/C15H20N2O4/c1-15(2,3)21-14(19)11-12(16)17(13(11)18)9-5-7-10(20-4)8-6-9/h5-8,11-12H,16H2,1-4H3/t11-,12-/m1/s1. The Hall–Kier alpha value is -2.08. The minimum Gasteiger partial charge on any atom is -0.497 e. The van der Waals surface area contributed by atoms with Crippen molar-refractivity contribution in [2.24, 2.45) is 11.7 Å². The van der Waals surface area contributed by atoms with Gasteiger partial charge >= 0.3 is 5.97 Å². The molecule has 1 fully saturated rings. The van der Waals surface area contributed by atoms with Gasteiger partial charge in [-0.1, -0.05) is 0 Å². The Labute approximate surface area is 123 Å². The zero-order valence-electron chi connectivity index (χ0n) is 12.6. The molecule has 0 bridgehead atoms. The number of rotatable bonds is 3. The molecule has 1 amide bonds. The number of β-lactam (4-membered cyclic amide) rings is 1. The fraction of sp³-hybridized carbons (Fsp3) is 0.467. The second kappa shape index (κ2) is 5.37. The SMILES string of the molecule is COc1ccc(N2C(=O)[C@H](C(=O)OC(C)(C)C)[C@@H]2N)cc1. The second-order valence-corrected chi connectivity index (χ2v) is 5.91. The molecule has 1 saturated heterocycles. The summed E-state index contributed by atoms with van der Waals surface area (Å²) in [6, 6.07) is 6.91. The molecule has 0 radical (unpaired) electrons. The summed E-state index contributed by atoms with van der Waals surface area (Å²) in [6.07, 6.45) is -0.708. The predicted molar refractivity (Wildman–Crippen MR) is 77.8 cm³/mol. The molecule has 6 heteroatoms. The first-order valence-electron chi connectivity index (χ1n) is 6.70. The maximum Gasteiger partial charge on any atom is 0.322 e. The fourth-order valence-corrected chi connectivity index (χ4v) is 2.16. The Morgan fingerprint density at radius 3 is 2.24 bits per heavy atom. The molecule has 0 aliphatic carbocycles. The number of amides is 1. The quantitative estimate of drug-likeness (QED) is 0.515. The van der Waals surface area contributed by atoms with Crippen LogP contribution in [0.15, 0.2) is 24.3 Å². The number of nitrogens with two attached hydrogens (primary N) is 1. The summed E-state index contributed by atoms with van der Waals surface area (Å²) in [5, 5.41) is 0. The van der Waals surface area contributed by atoms with Crippen molar-refractivity contribution < 1.29 is 19.1 Å². The van der Waals surface area contributed by atoms with E-state index in [0.29, 0.717) is 11.4 Å². The molecular formula is C15H20N2O4. The van der Waals surface area contributed by atoms with Gasteiger partial charge in [0.05, 0.1) is 7.11 Å². The van der Waals surface area contributed by atoms with Crippen molar-refractivity contribution in [1.82, 2.24) is 0 Å². The normalized spacial score (nSPS) is 21.8. The van der Waals surface area contributed by atoms with Gasteiger partial charge in [0.25, 0.3) is 0 Å². The van der Waals surface area contributed by atoms with E-state index in [-0.39, 0.29) is 5.91 Å². The number of hydrogen-bond acceptors (Lipinski definition) is 5. The van der Waals surface area contributed by atoms with Crippen molar-refractivity contribution in [3.8, 4) is 5.75 Å². The van der Waals surface area contributed by atoms with E-state index in [0.717, 1.165) is 0 Å². The Morgan fingerprint density at radius 2 is 1.81 bits per heavy atom. The number of carbonyl (C=O) groups excluding carboxylic acids is 2. The lowest BCUT2D eigenvalue weighted by molar-refractivity contribution is -0.166. The van der Waals surface area contributed by atoms with Gasteiger partial charge in [0.1, 0.15) is 17.5 Å². The van der Waals surface area contributed by atoms with Gasteiger partial charge in [-0.05, 0) is 45.0 Å². The largest absolute Gasteiger partial charge is 0.497 e. The van der Waals surface area contributed by atoms with Crippen molar-refractivity contribution >= 4 is 17.6 Å². The van der Waals surface area contributed by atoms with E-state index in [9.17, 15) is 9.59 Å². The van der Waals surface area contributed by atoms with E-state index in [1.165, 1.54) is 4.90 Å². The van der Waals surface area contributed by atoms with Crippen molar-refractivity contribution in [2.45, 2.75) is 32.5 Å². The summed E-state index contributed by atoms with van der Waals surface area (Å²) >= 11 is 0. The predicted octanol–water partition coefficient (Wildman–Crippen LogP) is 1.28. The number of esters is 1. The van der Waals surface area contributed by atoms with Crippen LogP contribution in [0, 0.1) is 5.92 Å². The maximum absolute atomic E-state index is 12.2. The Balaban J connectivity index is 2.09. The number of hydrogen-bond donors (Lipinski definition) is 1. The van der Waals surface area contributed by atoms with Crippen LogP contribution in [0.5, 0.6) is 5.75 Å². The first-order valence-corrected chi connectivity index (χ1v) is 6.70. The lowest BCUT2D eigenvalue weighted by Gasteiger charge is -2.43. The molecule has 2 N–H and O–H groups in total. The van der Waals surface area contributed by atoms with Crippen LogP contribution < -0.4 is 15.4 Å². The zero-order chi connectivity index (χ0) is 15.8. The molecular weight excluding hydrogens is 272 g/mol. The van der Waals surface area contributed by atoms with E-state index in [4.69, 9.17) is 15.2 Å². The number of benzene rings is 1. The highest BCUT2D eigenvalue weighted by Gasteiger charge is 2.52. The number of methoxy groups -OCH3 is 1. The average molecular weight is 292 g/mol. The molecule has 1 aliphatic rings. The lowest BCUT2D eigenvalue weighted by Crippen LogP contribution is -2.68. The highest BCUT2D eigenvalue weighted by atomic mass is 16.6. The topological polar surface area (TPSA) is 81.9 Å². The van der Waals surface area contributed by atoms with Crippen LogP contribution in [-0.4, -0.2) is 30.8 Å². The highest BCUT2D eigenvalue weighted by molar-refractivity contribution is 6.13. The van der Waals surface area contributed by atoms with E-state index < -0.39 is 23.7 Å². The van der Waals surface area contributed by atoms with Crippen molar-refractivity contribution in [1.29, 1.82) is 0 Å². The van der Waals surface area contributed by atoms with Gasteiger partial charge in [-0.15, -0.1) is 0 Å². The summed E-state index contributed by atoms with van der Waals surface area (Å²) in [7, 11) is 1.56. The molecule has 114 valence electrons. The van der Waals surface area contributed by atoms with Gasteiger partial charge in [0.2, 0.25) is 5.91 Å². The molecule has 2 atom stereocenters. The van der Waals surface area contributed by atoms with E-state index >= 15 is 0 Å². The Morgan fingerprint density at radius 1 is 1.24 bits per heavy atom. The van der Waals surface area contributed by atoms with Crippen molar-refractivity contribution in [3.63, 3.8) is 0 Å². The van der Waals surface area contributed by atoms with Gasteiger partial charge < -0.3 is 15.2 Å². The van der Waals surface area contributed by atoms with Crippen molar-refractivity contribution in [3.05, 3.63) is 24.3 Å². The Bertz CT molecular complexity index is 548. The first-order chi connectivity index (χ1) is 9.74. The third-order valence-electron chi connectivity index (χ3n) is 3.15. The minimum absolute atomic E-state index is 0.345. The van der Waals surface area contributed by atoms with Gasteiger partial charge in [-0.2, -0.15) is 0 Å². The molecule has 1 aliphatic heterocycles. The molecule has 1 aromatic rings. The molecule has 6 nitrogen and oxygen atoms in total. The third kappa shape index (κ3) is 3.00.